The SMILES string of the molecule is CCC1C2CNCC2CN1Cc1nc(-c2ccsc2)no1. The van der Waals surface area contributed by atoms with Gasteiger partial charge >= 0.3 is 0 Å². The molecule has 5 nitrogen and oxygen atoms in total. The summed E-state index contributed by atoms with van der Waals surface area (Å²) in [6, 6.07) is 2.67. The molecule has 0 aromatic carbocycles. The lowest BCUT2D eigenvalue weighted by molar-refractivity contribution is 0.184. The third kappa shape index (κ3) is 2.41. The van der Waals surface area contributed by atoms with Gasteiger partial charge in [-0.3, -0.25) is 4.90 Å². The molecule has 4 rings (SSSR count). The molecule has 2 aromatic heterocycles. The Hall–Kier alpha value is -1.24. The van der Waals surface area contributed by atoms with Crippen LogP contribution in [0.1, 0.15) is 19.2 Å². The molecular formula is C15H20N4OS. The van der Waals surface area contributed by atoms with Crippen LogP contribution in [0, 0.1) is 11.8 Å². The lowest BCUT2D eigenvalue weighted by Gasteiger charge is -2.25. The zero-order valence-electron chi connectivity index (χ0n) is 12.2. The highest BCUT2D eigenvalue weighted by Crippen LogP contribution is 2.35. The summed E-state index contributed by atoms with van der Waals surface area (Å²) in [7, 11) is 0. The first kappa shape index (κ1) is 13.4. The van der Waals surface area contributed by atoms with Gasteiger partial charge in [-0.25, -0.2) is 0 Å². The maximum Gasteiger partial charge on any atom is 0.241 e. The summed E-state index contributed by atoms with van der Waals surface area (Å²) in [5.74, 6) is 3.02. The second-order valence-electron chi connectivity index (χ2n) is 6.01. The number of nitrogens with one attached hydrogen (secondary N) is 1. The van der Waals surface area contributed by atoms with Crippen LogP contribution in [0.2, 0.25) is 0 Å². The molecule has 0 radical (unpaired) electrons. The van der Waals surface area contributed by atoms with Crippen molar-refractivity contribution in [2.45, 2.75) is 25.9 Å². The van der Waals surface area contributed by atoms with Gasteiger partial charge in [0.15, 0.2) is 0 Å². The molecule has 3 unspecified atom stereocenters. The van der Waals surface area contributed by atoms with Crippen LogP contribution in [0.25, 0.3) is 11.4 Å². The van der Waals surface area contributed by atoms with Crippen LogP contribution < -0.4 is 5.32 Å². The van der Waals surface area contributed by atoms with Gasteiger partial charge in [-0.2, -0.15) is 16.3 Å². The van der Waals surface area contributed by atoms with Crippen molar-refractivity contribution in [2.24, 2.45) is 11.8 Å². The minimum absolute atomic E-state index is 0.640. The minimum atomic E-state index is 0.640. The van der Waals surface area contributed by atoms with Crippen molar-refractivity contribution >= 4 is 11.3 Å². The van der Waals surface area contributed by atoms with Crippen LogP contribution in [0.15, 0.2) is 21.3 Å². The van der Waals surface area contributed by atoms with E-state index >= 15 is 0 Å². The monoisotopic (exact) mass is 304 g/mol. The van der Waals surface area contributed by atoms with E-state index < -0.39 is 0 Å². The highest BCUT2D eigenvalue weighted by Gasteiger charge is 2.43. The van der Waals surface area contributed by atoms with Crippen LogP contribution in [-0.4, -0.2) is 40.7 Å². The van der Waals surface area contributed by atoms with Crippen molar-refractivity contribution in [1.82, 2.24) is 20.4 Å². The summed E-state index contributed by atoms with van der Waals surface area (Å²) in [5.41, 5.74) is 1.05. The third-order valence-corrected chi connectivity index (χ3v) is 5.51. The molecule has 3 atom stereocenters. The number of hydrogen-bond acceptors (Lipinski definition) is 6. The van der Waals surface area contributed by atoms with Crippen molar-refractivity contribution in [1.29, 1.82) is 0 Å². The zero-order chi connectivity index (χ0) is 14.2. The predicted octanol–water partition coefficient (Wildman–Crippen LogP) is 2.23. The number of aromatic nitrogens is 2. The van der Waals surface area contributed by atoms with Crippen molar-refractivity contribution < 1.29 is 4.52 Å². The molecule has 2 aliphatic rings. The maximum absolute atomic E-state index is 5.45. The van der Waals surface area contributed by atoms with Gasteiger partial charge in [0, 0.05) is 23.5 Å². The van der Waals surface area contributed by atoms with Crippen molar-refractivity contribution in [2.75, 3.05) is 19.6 Å². The van der Waals surface area contributed by atoms with Gasteiger partial charge in [-0.05, 0) is 42.8 Å². The molecule has 0 spiro atoms. The first-order valence-electron chi connectivity index (χ1n) is 7.65. The molecule has 2 aromatic rings. The molecule has 2 saturated heterocycles. The predicted molar refractivity (Wildman–Crippen MR) is 81.9 cm³/mol. The standard InChI is InChI=1S/C15H20N4OS/c1-2-13-12-6-16-5-11(12)7-19(13)8-14-17-15(18-20-14)10-3-4-21-9-10/h3-4,9,11-13,16H,2,5-8H2,1H3. The summed E-state index contributed by atoms with van der Waals surface area (Å²) in [6.45, 7) is 6.52. The molecular weight excluding hydrogens is 284 g/mol. The fourth-order valence-corrected chi connectivity index (χ4v) is 4.49. The molecule has 2 fully saturated rings. The van der Waals surface area contributed by atoms with E-state index in [1.54, 1.807) is 11.3 Å². The Morgan fingerprint density at radius 3 is 3.24 bits per heavy atom. The number of nitrogens with zero attached hydrogens (tertiary/aromatic N) is 3. The van der Waals surface area contributed by atoms with Gasteiger partial charge in [0.2, 0.25) is 11.7 Å². The van der Waals surface area contributed by atoms with Crippen LogP contribution in [0.3, 0.4) is 0 Å². The van der Waals surface area contributed by atoms with Crippen molar-refractivity contribution in [3.8, 4) is 11.4 Å². The molecule has 0 aliphatic carbocycles. The summed E-state index contributed by atoms with van der Waals surface area (Å²) >= 11 is 1.65. The Balaban J connectivity index is 1.48. The van der Waals surface area contributed by atoms with Gasteiger partial charge in [-0.1, -0.05) is 12.1 Å². The lowest BCUT2D eigenvalue weighted by atomic mass is 9.93. The lowest BCUT2D eigenvalue weighted by Crippen LogP contribution is -2.34. The number of rotatable bonds is 4. The molecule has 0 saturated carbocycles. The fourth-order valence-electron chi connectivity index (χ4n) is 3.86. The molecule has 112 valence electrons. The van der Waals surface area contributed by atoms with Crippen LogP contribution in [-0.2, 0) is 6.54 Å². The topological polar surface area (TPSA) is 54.2 Å². The number of thiophene rings is 1. The minimum Gasteiger partial charge on any atom is -0.338 e. The average Bonchev–Trinajstić information content (AvgIpc) is 3.23. The Bertz CT molecular complexity index is 597. The molecule has 6 heteroatoms. The fraction of sp³-hybridized carbons (Fsp3) is 0.600. The summed E-state index contributed by atoms with van der Waals surface area (Å²) < 4.78 is 5.45. The van der Waals surface area contributed by atoms with Crippen LogP contribution in [0.5, 0.6) is 0 Å². The first-order valence-corrected chi connectivity index (χ1v) is 8.59. The van der Waals surface area contributed by atoms with Gasteiger partial charge in [-0.15, -0.1) is 0 Å². The van der Waals surface area contributed by atoms with E-state index in [-0.39, 0.29) is 0 Å². The normalized spacial score (nSPS) is 29.1. The van der Waals surface area contributed by atoms with E-state index in [9.17, 15) is 0 Å². The van der Waals surface area contributed by atoms with Crippen molar-refractivity contribution in [3.63, 3.8) is 0 Å². The molecule has 0 amide bonds. The van der Waals surface area contributed by atoms with Crippen LogP contribution in [0.4, 0.5) is 0 Å². The summed E-state index contributed by atoms with van der Waals surface area (Å²) in [4.78, 5) is 7.08. The average molecular weight is 304 g/mol. The summed E-state index contributed by atoms with van der Waals surface area (Å²) in [6.07, 6.45) is 1.19. The maximum atomic E-state index is 5.45. The Labute approximate surface area is 128 Å². The van der Waals surface area contributed by atoms with E-state index in [2.05, 4.69) is 32.7 Å². The molecule has 0 bridgehead atoms. The molecule has 21 heavy (non-hydrogen) atoms. The van der Waals surface area contributed by atoms with E-state index in [0.717, 1.165) is 49.5 Å². The Morgan fingerprint density at radius 1 is 1.48 bits per heavy atom. The van der Waals surface area contributed by atoms with E-state index in [4.69, 9.17) is 4.52 Å². The zero-order valence-corrected chi connectivity index (χ0v) is 13.0. The quantitative estimate of drug-likeness (QED) is 0.939. The first-order chi connectivity index (χ1) is 10.3. The third-order valence-electron chi connectivity index (χ3n) is 4.83. The number of fused-ring (bicyclic) bond motifs is 1. The number of hydrogen-bond donors (Lipinski definition) is 1. The van der Waals surface area contributed by atoms with Gasteiger partial charge in [0.25, 0.3) is 0 Å². The van der Waals surface area contributed by atoms with Gasteiger partial charge in [0.1, 0.15) is 0 Å². The van der Waals surface area contributed by atoms with E-state index in [0.29, 0.717) is 11.9 Å². The second kappa shape index (κ2) is 5.51. The largest absolute Gasteiger partial charge is 0.338 e. The molecule has 2 aliphatic heterocycles. The smallest absolute Gasteiger partial charge is 0.241 e. The van der Waals surface area contributed by atoms with Crippen LogP contribution >= 0.6 is 11.3 Å². The molecule has 1 N–H and O–H groups in total. The number of likely N-dealkylation sites (tertiary alicyclic amines) is 1. The summed E-state index contributed by atoms with van der Waals surface area (Å²) in [5, 5.41) is 11.7. The molecule has 4 heterocycles. The van der Waals surface area contributed by atoms with Gasteiger partial charge < -0.3 is 9.84 Å². The Kier molecular flexibility index (Phi) is 3.52. The van der Waals surface area contributed by atoms with Gasteiger partial charge in [0.05, 0.1) is 6.54 Å². The highest BCUT2D eigenvalue weighted by molar-refractivity contribution is 7.08. The van der Waals surface area contributed by atoms with Crippen molar-refractivity contribution in [3.05, 3.63) is 22.7 Å². The second-order valence-corrected chi connectivity index (χ2v) is 6.79. The Morgan fingerprint density at radius 2 is 2.43 bits per heavy atom. The van der Waals surface area contributed by atoms with E-state index in [1.807, 2.05) is 11.4 Å². The highest BCUT2D eigenvalue weighted by atomic mass is 32.1. The van der Waals surface area contributed by atoms with E-state index in [1.165, 1.54) is 6.42 Å².